The number of anilines is 1. The maximum absolute atomic E-state index is 12.0. The topological polar surface area (TPSA) is 117 Å². The van der Waals surface area contributed by atoms with Crippen LogP contribution in [0.2, 0.25) is 0 Å². The summed E-state index contributed by atoms with van der Waals surface area (Å²) in [5.74, 6) is 1.02. The van der Waals surface area contributed by atoms with Crippen molar-refractivity contribution in [2.75, 3.05) is 32.0 Å². The number of aromatic nitrogens is 1. The molecule has 1 aromatic heterocycles. The van der Waals surface area contributed by atoms with Gasteiger partial charge in [-0.15, -0.1) is 0 Å². The van der Waals surface area contributed by atoms with Crippen molar-refractivity contribution < 1.29 is 14.3 Å². The molecule has 9 heteroatoms. The summed E-state index contributed by atoms with van der Waals surface area (Å²) in [5, 5.41) is 11.7. The van der Waals surface area contributed by atoms with Crippen LogP contribution in [0.4, 0.5) is 10.6 Å². The fourth-order valence-corrected chi connectivity index (χ4v) is 2.13. The summed E-state index contributed by atoms with van der Waals surface area (Å²) in [7, 11) is 1.66. The van der Waals surface area contributed by atoms with Gasteiger partial charge in [-0.1, -0.05) is 6.07 Å². The Kier molecular flexibility index (Phi) is 9.76. The molecule has 0 saturated heterocycles. The van der Waals surface area contributed by atoms with Crippen molar-refractivity contribution in [3.05, 3.63) is 23.9 Å². The Hall–Kier alpha value is -2.84. The molecular formula is C19H32N6O3. The predicted molar refractivity (Wildman–Crippen MR) is 110 cm³/mol. The quantitative estimate of drug-likeness (QED) is 0.304. The summed E-state index contributed by atoms with van der Waals surface area (Å²) >= 11 is 0. The lowest BCUT2D eigenvalue weighted by Gasteiger charge is -2.19. The van der Waals surface area contributed by atoms with Gasteiger partial charge in [0.05, 0.1) is 0 Å². The number of alkyl carbamates (subject to hydrolysis) is 1. The summed E-state index contributed by atoms with van der Waals surface area (Å²) in [6, 6.07) is 5.47. The molecule has 1 aromatic rings. The number of nitrogens with one attached hydrogen (secondary N) is 4. The third kappa shape index (κ3) is 11.0. The summed E-state index contributed by atoms with van der Waals surface area (Å²) in [6.45, 7) is 8.88. The minimum absolute atomic E-state index is 0.123. The molecule has 4 N–H and O–H groups in total. The summed E-state index contributed by atoms with van der Waals surface area (Å²) in [5.41, 5.74) is 0.345. The Morgan fingerprint density at radius 3 is 2.43 bits per heavy atom. The molecule has 156 valence electrons. The van der Waals surface area contributed by atoms with Gasteiger partial charge in [0.2, 0.25) is 5.91 Å². The van der Waals surface area contributed by atoms with E-state index in [9.17, 15) is 9.59 Å². The Bertz CT molecular complexity index is 670. The van der Waals surface area contributed by atoms with E-state index >= 15 is 0 Å². The molecule has 0 aromatic carbocycles. The van der Waals surface area contributed by atoms with Crippen LogP contribution in [-0.4, -0.2) is 55.2 Å². The van der Waals surface area contributed by atoms with Crippen LogP contribution in [0.5, 0.6) is 0 Å². The van der Waals surface area contributed by atoms with Crippen molar-refractivity contribution in [1.82, 2.24) is 20.9 Å². The van der Waals surface area contributed by atoms with Gasteiger partial charge in [0.15, 0.2) is 5.96 Å². The molecule has 0 aliphatic rings. The number of ether oxygens (including phenoxy) is 1. The smallest absolute Gasteiger partial charge is 0.407 e. The fourth-order valence-electron chi connectivity index (χ4n) is 2.13. The summed E-state index contributed by atoms with van der Waals surface area (Å²) in [4.78, 5) is 31.8. The van der Waals surface area contributed by atoms with Crippen molar-refractivity contribution >= 4 is 23.8 Å². The van der Waals surface area contributed by atoms with Crippen molar-refractivity contribution in [2.45, 2.75) is 46.1 Å². The van der Waals surface area contributed by atoms with E-state index in [4.69, 9.17) is 4.74 Å². The first-order valence-corrected chi connectivity index (χ1v) is 9.34. The van der Waals surface area contributed by atoms with Crippen molar-refractivity contribution in [3.63, 3.8) is 0 Å². The number of nitrogens with zero attached hydrogens (tertiary/aromatic N) is 2. The van der Waals surface area contributed by atoms with Gasteiger partial charge in [-0.3, -0.25) is 9.79 Å². The number of aliphatic imine (C=N–C) groups is 1. The van der Waals surface area contributed by atoms with Crippen LogP contribution >= 0.6 is 0 Å². The Morgan fingerprint density at radius 2 is 1.79 bits per heavy atom. The van der Waals surface area contributed by atoms with E-state index in [1.165, 1.54) is 0 Å². The number of hydrogen-bond donors (Lipinski definition) is 4. The van der Waals surface area contributed by atoms with Crippen LogP contribution in [0.15, 0.2) is 23.2 Å². The van der Waals surface area contributed by atoms with Gasteiger partial charge >= 0.3 is 6.09 Å². The van der Waals surface area contributed by atoms with Crippen LogP contribution in [0.25, 0.3) is 0 Å². The third-order valence-electron chi connectivity index (χ3n) is 3.34. The lowest BCUT2D eigenvalue weighted by molar-refractivity contribution is -0.116. The molecule has 0 saturated carbocycles. The first kappa shape index (κ1) is 23.2. The highest BCUT2D eigenvalue weighted by atomic mass is 16.6. The average molecular weight is 393 g/mol. The minimum atomic E-state index is -0.504. The monoisotopic (exact) mass is 392 g/mol. The van der Waals surface area contributed by atoms with E-state index in [-0.39, 0.29) is 12.3 Å². The number of carbonyl (C=O) groups is 2. The van der Waals surface area contributed by atoms with Crippen molar-refractivity contribution in [2.24, 2.45) is 4.99 Å². The number of amides is 2. The zero-order valence-electron chi connectivity index (χ0n) is 17.4. The first-order chi connectivity index (χ1) is 13.2. The van der Waals surface area contributed by atoms with E-state index in [0.29, 0.717) is 37.8 Å². The molecule has 9 nitrogen and oxygen atoms in total. The molecule has 28 heavy (non-hydrogen) atoms. The Labute approximate surface area is 166 Å². The zero-order chi connectivity index (χ0) is 21.0. The molecule has 0 aliphatic heterocycles. The lowest BCUT2D eigenvalue weighted by Crippen LogP contribution is -2.40. The van der Waals surface area contributed by atoms with Gasteiger partial charge in [0, 0.05) is 38.8 Å². The number of pyridine rings is 1. The highest BCUT2D eigenvalue weighted by Gasteiger charge is 2.15. The van der Waals surface area contributed by atoms with Crippen LogP contribution in [-0.2, 0) is 9.53 Å². The number of rotatable bonds is 8. The lowest BCUT2D eigenvalue weighted by atomic mass is 10.2. The molecular weight excluding hydrogens is 360 g/mol. The van der Waals surface area contributed by atoms with Crippen LogP contribution in [0, 0.1) is 6.92 Å². The highest BCUT2D eigenvalue weighted by Crippen LogP contribution is 2.06. The van der Waals surface area contributed by atoms with Gasteiger partial charge in [0.1, 0.15) is 11.4 Å². The Morgan fingerprint density at radius 1 is 1.11 bits per heavy atom. The normalized spacial score (nSPS) is 11.5. The fraction of sp³-hybridized carbons (Fsp3) is 0.579. The maximum atomic E-state index is 12.0. The number of guanidine groups is 1. The average Bonchev–Trinajstić information content (AvgIpc) is 2.58. The standard InChI is InChI=1S/C19H32N6O3/c1-14-8-6-9-15(24-14)25-16(26)10-13-22-17(20-5)21-11-7-12-23-18(27)28-19(2,3)4/h6,8-9H,7,10-13H2,1-5H3,(H,23,27)(H2,20,21,22)(H,24,25,26). The van der Waals surface area contributed by atoms with Gasteiger partial charge in [-0.05, 0) is 46.2 Å². The Balaban J connectivity index is 2.16. The molecule has 0 atom stereocenters. The van der Waals surface area contributed by atoms with Gasteiger partial charge < -0.3 is 26.0 Å². The minimum Gasteiger partial charge on any atom is -0.444 e. The molecule has 0 unspecified atom stereocenters. The van der Waals surface area contributed by atoms with Crippen molar-refractivity contribution in [1.29, 1.82) is 0 Å². The molecule has 0 radical (unpaired) electrons. The predicted octanol–water partition coefficient (Wildman–Crippen LogP) is 1.80. The van der Waals surface area contributed by atoms with E-state index in [1.807, 2.05) is 39.8 Å². The summed E-state index contributed by atoms with van der Waals surface area (Å²) < 4.78 is 5.16. The van der Waals surface area contributed by atoms with Gasteiger partial charge in [-0.25, -0.2) is 9.78 Å². The second-order valence-electron chi connectivity index (χ2n) is 7.17. The molecule has 0 fully saturated rings. The van der Waals surface area contributed by atoms with Gasteiger partial charge in [-0.2, -0.15) is 0 Å². The van der Waals surface area contributed by atoms with E-state index in [1.54, 1.807) is 13.1 Å². The van der Waals surface area contributed by atoms with Gasteiger partial charge in [0.25, 0.3) is 0 Å². The second kappa shape index (κ2) is 11.8. The molecule has 0 spiro atoms. The molecule has 2 amide bonds. The third-order valence-corrected chi connectivity index (χ3v) is 3.34. The first-order valence-electron chi connectivity index (χ1n) is 9.34. The van der Waals surface area contributed by atoms with Crippen LogP contribution in [0.3, 0.4) is 0 Å². The number of carbonyl (C=O) groups excluding carboxylic acids is 2. The molecule has 0 aliphatic carbocycles. The van der Waals surface area contributed by atoms with Crippen LogP contribution < -0.4 is 21.3 Å². The highest BCUT2D eigenvalue weighted by molar-refractivity contribution is 5.90. The summed E-state index contributed by atoms with van der Waals surface area (Å²) in [6.07, 6.45) is 0.569. The zero-order valence-corrected chi connectivity index (χ0v) is 17.4. The number of aryl methyl sites for hydroxylation is 1. The molecule has 1 rings (SSSR count). The van der Waals surface area contributed by atoms with E-state index < -0.39 is 11.7 Å². The van der Waals surface area contributed by atoms with Crippen LogP contribution in [0.1, 0.15) is 39.3 Å². The maximum Gasteiger partial charge on any atom is 0.407 e. The number of hydrogen-bond acceptors (Lipinski definition) is 5. The SMILES string of the molecule is CN=C(NCCCNC(=O)OC(C)(C)C)NCCC(=O)Nc1cccc(C)n1. The van der Waals surface area contributed by atoms with E-state index in [0.717, 1.165) is 5.69 Å². The molecule has 0 bridgehead atoms. The largest absolute Gasteiger partial charge is 0.444 e. The van der Waals surface area contributed by atoms with E-state index in [2.05, 4.69) is 31.2 Å². The second-order valence-corrected chi connectivity index (χ2v) is 7.17. The van der Waals surface area contributed by atoms with Crippen molar-refractivity contribution in [3.8, 4) is 0 Å². The molecule has 1 heterocycles.